The van der Waals surface area contributed by atoms with Gasteiger partial charge in [-0.3, -0.25) is 4.79 Å². The second-order valence-corrected chi connectivity index (χ2v) is 7.71. The van der Waals surface area contributed by atoms with E-state index in [1.807, 2.05) is 47.0 Å². The van der Waals surface area contributed by atoms with Gasteiger partial charge in [-0.05, 0) is 26.3 Å². The zero-order valence-electron chi connectivity index (χ0n) is 11.8. The molecule has 1 amide bonds. The van der Waals surface area contributed by atoms with Gasteiger partial charge in [0.05, 0.1) is 0 Å². The highest BCUT2D eigenvalue weighted by Gasteiger charge is 2.38. The van der Waals surface area contributed by atoms with Crippen molar-refractivity contribution < 1.29 is 4.79 Å². The van der Waals surface area contributed by atoms with Crippen LogP contribution < -0.4 is 5.73 Å². The summed E-state index contributed by atoms with van der Waals surface area (Å²) in [6, 6.07) is 9.61. The van der Waals surface area contributed by atoms with Crippen LogP contribution in [0.25, 0.3) is 0 Å². The molecule has 0 saturated carbocycles. The van der Waals surface area contributed by atoms with Gasteiger partial charge in [-0.1, -0.05) is 30.3 Å². The Balaban J connectivity index is 2.19. The molecule has 2 rings (SSSR count). The van der Waals surface area contributed by atoms with E-state index in [-0.39, 0.29) is 10.7 Å². The molecule has 0 bridgehead atoms. The van der Waals surface area contributed by atoms with E-state index < -0.39 is 5.54 Å². The highest BCUT2D eigenvalue weighted by Crippen LogP contribution is 2.31. The molecular formula is C15H22N2OS. The summed E-state index contributed by atoms with van der Waals surface area (Å²) in [4.78, 5) is 14.6. The fraction of sp³-hybridized carbons (Fsp3) is 0.533. The Kier molecular flexibility index (Phi) is 3.92. The lowest BCUT2D eigenvalue weighted by Crippen LogP contribution is -2.56. The minimum absolute atomic E-state index is 0.0204. The van der Waals surface area contributed by atoms with Crippen molar-refractivity contribution in [3.8, 4) is 0 Å². The molecule has 1 unspecified atom stereocenters. The van der Waals surface area contributed by atoms with E-state index in [0.717, 1.165) is 24.4 Å². The van der Waals surface area contributed by atoms with Gasteiger partial charge in [-0.2, -0.15) is 11.8 Å². The lowest BCUT2D eigenvalue weighted by molar-refractivity contribution is -0.137. The smallest absolute Gasteiger partial charge is 0.247 e. The van der Waals surface area contributed by atoms with E-state index in [4.69, 9.17) is 5.73 Å². The highest BCUT2D eigenvalue weighted by atomic mass is 32.2. The van der Waals surface area contributed by atoms with Crippen molar-refractivity contribution in [1.29, 1.82) is 0 Å². The molecule has 1 aromatic rings. The molecule has 1 saturated heterocycles. The lowest BCUT2D eigenvalue weighted by atomic mass is 9.91. The van der Waals surface area contributed by atoms with Gasteiger partial charge in [-0.25, -0.2) is 0 Å². The van der Waals surface area contributed by atoms with Crippen LogP contribution in [0.2, 0.25) is 0 Å². The molecule has 2 N–H and O–H groups in total. The number of nitrogens with zero attached hydrogens (tertiary/aromatic N) is 1. The summed E-state index contributed by atoms with van der Waals surface area (Å²) < 4.78 is 0.112. The molecule has 3 nitrogen and oxygen atoms in total. The molecule has 104 valence electrons. The van der Waals surface area contributed by atoms with Crippen LogP contribution in [-0.4, -0.2) is 34.4 Å². The Bertz CT molecular complexity index is 456. The summed E-state index contributed by atoms with van der Waals surface area (Å²) in [5.41, 5.74) is 6.23. The molecule has 0 radical (unpaired) electrons. The zero-order valence-corrected chi connectivity index (χ0v) is 12.7. The summed E-state index contributed by atoms with van der Waals surface area (Å²) >= 11 is 1.91. The van der Waals surface area contributed by atoms with Gasteiger partial charge >= 0.3 is 0 Å². The van der Waals surface area contributed by atoms with E-state index in [9.17, 15) is 4.79 Å². The summed E-state index contributed by atoms with van der Waals surface area (Å²) in [5, 5.41) is 0. The Hall–Kier alpha value is -1.00. The second kappa shape index (κ2) is 5.17. The zero-order chi connectivity index (χ0) is 14.1. The maximum atomic E-state index is 12.7. The molecule has 19 heavy (non-hydrogen) atoms. The van der Waals surface area contributed by atoms with Crippen LogP contribution in [0.5, 0.6) is 0 Å². The third-order valence-corrected chi connectivity index (χ3v) is 4.83. The lowest BCUT2D eigenvalue weighted by Gasteiger charge is -2.41. The van der Waals surface area contributed by atoms with E-state index >= 15 is 0 Å². The van der Waals surface area contributed by atoms with Crippen LogP contribution in [0.15, 0.2) is 30.3 Å². The third kappa shape index (κ3) is 3.12. The average Bonchev–Trinajstić information content (AvgIpc) is 2.37. The van der Waals surface area contributed by atoms with Gasteiger partial charge in [0.2, 0.25) is 5.91 Å². The second-order valence-electron chi connectivity index (χ2n) is 5.90. The fourth-order valence-electron chi connectivity index (χ4n) is 2.43. The number of carbonyl (C=O) groups is 1. The molecule has 1 aliphatic rings. The van der Waals surface area contributed by atoms with Crippen LogP contribution >= 0.6 is 11.8 Å². The molecule has 1 aliphatic heterocycles. The van der Waals surface area contributed by atoms with Gasteiger partial charge in [0.25, 0.3) is 0 Å². The maximum Gasteiger partial charge on any atom is 0.247 e. The van der Waals surface area contributed by atoms with E-state index in [2.05, 4.69) is 13.8 Å². The number of benzene rings is 1. The number of amides is 1. The number of hydrogen-bond donors (Lipinski definition) is 1. The van der Waals surface area contributed by atoms with Crippen molar-refractivity contribution >= 4 is 17.7 Å². The molecule has 0 aromatic heterocycles. The number of rotatable bonds is 2. The average molecular weight is 278 g/mol. The topological polar surface area (TPSA) is 46.3 Å². The van der Waals surface area contributed by atoms with Crippen molar-refractivity contribution in [1.82, 2.24) is 4.90 Å². The van der Waals surface area contributed by atoms with E-state index in [1.165, 1.54) is 0 Å². The van der Waals surface area contributed by atoms with Crippen LogP contribution in [0, 0.1) is 0 Å². The molecular weight excluding hydrogens is 256 g/mol. The van der Waals surface area contributed by atoms with Crippen molar-refractivity contribution in [2.45, 2.75) is 31.1 Å². The van der Waals surface area contributed by atoms with E-state index in [0.29, 0.717) is 0 Å². The summed E-state index contributed by atoms with van der Waals surface area (Å²) in [6.45, 7) is 7.70. The first-order chi connectivity index (χ1) is 8.83. The molecule has 1 fully saturated rings. The maximum absolute atomic E-state index is 12.7. The first kappa shape index (κ1) is 14.4. The van der Waals surface area contributed by atoms with Crippen LogP contribution in [0.1, 0.15) is 26.3 Å². The number of nitrogens with two attached hydrogens (primary N) is 1. The van der Waals surface area contributed by atoms with E-state index in [1.54, 1.807) is 6.92 Å². The number of hydrogen-bond acceptors (Lipinski definition) is 3. The Labute approximate surface area is 119 Å². The Morgan fingerprint density at radius 2 is 2.00 bits per heavy atom. The highest BCUT2D eigenvalue weighted by molar-refractivity contribution is 8.00. The van der Waals surface area contributed by atoms with Crippen LogP contribution in [-0.2, 0) is 10.3 Å². The van der Waals surface area contributed by atoms with Crippen molar-refractivity contribution in [3.63, 3.8) is 0 Å². The summed E-state index contributed by atoms with van der Waals surface area (Å²) in [6.07, 6.45) is 0. The molecule has 1 heterocycles. The van der Waals surface area contributed by atoms with Crippen LogP contribution in [0.4, 0.5) is 0 Å². The summed E-state index contributed by atoms with van der Waals surface area (Å²) in [7, 11) is 0. The van der Waals surface area contributed by atoms with Gasteiger partial charge in [0, 0.05) is 23.6 Å². The first-order valence-electron chi connectivity index (χ1n) is 6.61. The van der Waals surface area contributed by atoms with Gasteiger partial charge in [0.1, 0.15) is 5.54 Å². The normalized spacial score (nSPS) is 21.8. The molecule has 0 spiro atoms. The van der Waals surface area contributed by atoms with Crippen LogP contribution in [0.3, 0.4) is 0 Å². The monoisotopic (exact) mass is 278 g/mol. The first-order valence-corrected chi connectivity index (χ1v) is 7.59. The third-order valence-electron chi connectivity index (χ3n) is 3.53. The molecule has 1 aromatic carbocycles. The fourth-order valence-corrected chi connectivity index (χ4v) is 3.54. The standard InChI is InChI=1S/C15H22N2OS/c1-14(2)11-17(9-10-19-14)13(18)15(3,16)12-7-5-4-6-8-12/h4-8H,9-11,16H2,1-3H3. The minimum Gasteiger partial charge on any atom is -0.339 e. The Morgan fingerprint density at radius 3 is 2.58 bits per heavy atom. The predicted octanol–water partition coefficient (Wildman–Crippen LogP) is 2.21. The quantitative estimate of drug-likeness (QED) is 0.902. The molecule has 0 aliphatic carbocycles. The van der Waals surface area contributed by atoms with Gasteiger partial charge in [-0.15, -0.1) is 0 Å². The SMILES string of the molecule is CC1(C)CN(C(=O)C(C)(N)c2ccccc2)CCS1. The number of thioether (sulfide) groups is 1. The van der Waals surface area contributed by atoms with Gasteiger partial charge in [0.15, 0.2) is 0 Å². The minimum atomic E-state index is -0.945. The Morgan fingerprint density at radius 1 is 1.37 bits per heavy atom. The molecule has 4 heteroatoms. The summed E-state index contributed by atoms with van der Waals surface area (Å²) in [5.74, 6) is 0.996. The van der Waals surface area contributed by atoms with Gasteiger partial charge < -0.3 is 10.6 Å². The van der Waals surface area contributed by atoms with Crippen molar-refractivity contribution in [2.75, 3.05) is 18.8 Å². The largest absolute Gasteiger partial charge is 0.339 e. The van der Waals surface area contributed by atoms with Crippen molar-refractivity contribution in [2.24, 2.45) is 5.73 Å². The molecule has 1 atom stereocenters. The van der Waals surface area contributed by atoms with Crippen molar-refractivity contribution in [3.05, 3.63) is 35.9 Å². The number of carbonyl (C=O) groups excluding carboxylic acids is 1. The predicted molar refractivity (Wildman–Crippen MR) is 81.1 cm³/mol.